The molecule has 0 saturated heterocycles. The van der Waals surface area contributed by atoms with E-state index in [2.05, 4.69) is 25.8 Å². The summed E-state index contributed by atoms with van der Waals surface area (Å²) in [6, 6.07) is 1.08. The molecule has 1 aromatic rings. The number of nitrogens with zero attached hydrogens (tertiary/aromatic N) is 3. The Labute approximate surface area is 121 Å². The molecule has 5 heteroatoms. The highest BCUT2D eigenvalue weighted by Gasteiger charge is 2.16. The first kappa shape index (κ1) is 13.6. The Morgan fingerprint density at radius 1 is 0.800 bits per heavy atom. The van der Waals surface area contributed by atoms with E-state index in [4.69, 9.17) is 0 Å². The molecule has 2 aliphatic rings. The Balaban J connectivity index is 1.57. The van der Waals surface area contributed by atoms with Crippen LogP contribution in [0.3, 0.4) is 0 Å². The van der Waals surface area contributed by atoms with E-state index in [1.54, 1.807) is 6.20 Å². The highest BCUT2D eigenvalue weighted by molar-refractivity contribution is 5.38. The third kappa shape index (κ3) is 3.81. The SMILES string of the molecule is c1nnc(NC2CCCCC2)nc1NC1CCCCC1. The highest BCUT2D eigenvalue weighted by atomic mass is 15.3. The van der Waals surface area contributed by atoms with Gasteiger partial charge in [-0.1, -0.05) is 38.5 Å². The monoisotopic (exact) mass is 275 g/mol. The number of anilines is 2. The zero-order valence-corrected chi connectivity index (χ0v) is 12.1. The van der Waals surface area contributed by atoms with E-state index in [1.807, 2.05) is 0 Å². The molecule has 0 unspecified atom stereocenters. The van der Waals surface area contributed by atoms with E-state index in [-0.39, 0.29) is 0 Å². The van der Waals surface area contributed by atoms with Gasteiger partial charge in [-0.3, -0.25) is 0 Å². The number of aromatic nitrogens is 3. The number of hydrogen-bond acceptors (Lipinski definition) is 5. The topological polar surface area (TPSA) is 62.7 Å². The fourth-order valence-corrected chi connectivity index (χ4v) is 3.32. The van der Waals surface area contributed by atoms with Crippen LogP contribution in [0.5, 0.6) is 0 Å². The van der Waals surface area contributed by atoms with Gasteiger partial charge in [0.25, 0.3) is 0 Å². The molecule has 110 valence electrons. The predicted molar refractivity (Wildman–Crippen MR) is 80.8 cm³/mol. The van der Waals surface area contributed by atoms with E-state index in [1.165, 1.54) is 64.2 Å². The summed E-state index contributed by atoms with van der Waals surface area (Å²) >= 11 is 0. The first-order chi connectivity index (χ1) is 9.90. The molecule has 0 bridgehead atoms. The fourth-order valence-electron chi connectivity index (χ4n) is 3.32. The summed E-state index contributed by atoms with van der Waals surface area (Å²) in [5.74, 6) is 1.54. The Morgan fingerprint density at radius 2 is 1.40 bits per heavy atom. The van der Waals surface area contributed by atoms with Gasteiger partial charge in [-0.05, 0) is 25.7 Å². The number of nitrogens with one attached hydrogen (secondary N) is 2. The zero-order chi connectivity index (χ0) is 13.6. The van der Waals surface area contributed by atoms with Crippen LogP contribution in [0.15, 0.2) is 6.20 Å². The van der Waals surface area contributed by atoms with E-state index in [0.29, 0.717) is 18.0 Å². The van der Waals surface area contributed by atoms with Crippen molar-refractivity contribution in [1.29, 1.82) is 0 Å². The lowest BCUT2D eigenvalue weighted by Gasteiger charge is -2.24. The van der Waals surface area contributed by atoms with Crippen LogP contribution in [-0.2, 0) is 0 Å². The van der Waals surface area contributed by atoms with Crippen LogP contribution >= 0.6 is 0 Å². The largest absolute Gasteiger partial charge is 0.366 e. The molecule has 2 N–H and O–H groups in total. The summed E-state index contributed by atoms with van der Waals surface area (Å²) in [5, 5.41) is 15.1. The molecule has 0 atom stereocenters. The van der Waals surface area contributed by atoms with Crippen molar-refractivity contribution in [2.24, 2.45) is 0 Å². The summed E-state index contributed by atoms with van der Waals surface area (Å²) in [7, 11) is 0. The van der Waals surface area contributed by atoms with E-state index >= 15 is 0 Å². The van der Waals surface area contributed by atoms with E-state index < -0.39 is 0 Å². The summed E-state index contributed by atoms with van der Waals surface area (Å²) in [6.45, 7) is 0. The average Bonchev–Trinajstić information content (AvgIpc) is 2.50. The molecule has 20 heavy (non-hydrogen) atoms. The minimum atomic E-state index is 0.524. The van der Waals surface area contributed by atoms with Crippen LogP contribution in [0.25, 0.3) is 0 Å². The summed E-state index contributed by atoms with van der Waals surface area (Å²) in [4.78, 5) is 4.57. The molecule has 2 fully saturated rings. The van der Waals surface area contributed by atoms with Gasteiger partial charge >= 0.3 is 0 Å². The standard InChI is InChI=1S/C15H25N5/c1-3-7-12(8-4-1)17-14-11-16-20-15(19-14)18-13-9-5-2-6-10-13/h11-13H,1-10H2,(H2,17,18,19,20). The lowest BCUT2D eigenvalue weighted by atomic mass is 9.95. The van der Waals surface area contributed by atoms with Gasteiger partial charge < -0.3 is 10.6 Å². The van der Waals surface area contributed by atoms with Crippen molar-refractivity contribution in [1.82, 2.24) is 15.2 Å². The maximum Gasteiger partial charge on any atom is 0.244 e. The Bertz CT molecular complexity index is 375. The summed E-state index contributed by atoms with van der Waals surface area (Å²) < 4.78 is 0. The molecule has 2 aliphatic carbocycles. The van der Waals surface area contributed by atoms with Gasteiger partial charge in [-0.15, -0.1) is 5.10 Å². The summed E-state index contributed by atoms with van der Waals surface area (Å²) in [5.41, 5.74) is 0. The third-order valence-corrected chi connectivity index (χ3v) is 4.45. The lowest BCUT2D eigenvalue weighted by Crippen LogP contribution is -2.25. The first-order valence-corrected chi connectivity index (χ1v) is 8.13. The highest BCUT2D eigenvalue weighted by Crippen LogP contribution is 2.22. The lowest BCUT2D eigenvalue weighted by molar-refractivity contribution is 0.458. The Morgan fingerprint density at radius 3 is 2.05 bits per heavy atom. The van der Waals surface area contributed by atoms with Crippen LogP contribution in [0.1, 0.15) is 64.2 Å². The van der Waals surface area contributed by atoms with Gasteiger partial charge in [0.05, 0.1) is 6.20 Å². The fraction of sp³-hybridized carbons (Fsp3) is 0.800. The van der Waals surface area contributed by atoms with Crippen LogP contribution in [0.2, 0.25) is 0 Å². The molecule has 0 spiro atoms. The molecule has 0 aromatic carbocycles. The molecule has 0 aliphatic heterocycles. The van der Waals surface area contributed by atoms with Crippen molar-refractivity contribution < 1.29 is 0 Å². The molecular weight excluding hydrogens is 250 g/mol. The van der Waals surface area contributed by atoms with Crippen molar-refractivity contribution >= 4 is 11.8 Å². The van der Waals surface area contributed by atoms with Gasteiger partial charge in [0, 0.05) is 12.1 Å². The van der Waals surface area contributed by atoms with Crippen LogP contribution in [-0.4, -0.2) is 27.3 Å². The minimum Gasteiger partial charge on any atom is -0.366 e. The Hall–Kier alpha value is -1.39. The van der Waals surface area contributed by atoms with Crippen molar-refractivity contribution in [3.63, 3.8) is 0 Å². The number of rotatable bonds is 4. The molecule has 0 radical (unpaired) electrons. The molecule has 1 aromatic heterocycles. The van der Waals surface area contributed by atoms with Gasteiger partial charge in [-0.25, -0.2) is 0 Å². The maximum atomic E-state index is 4.57. The minimum absolute atomic E-state index is 0.524. The molecular formula is C15H25N5. The van der Waals surface area contributed by atoms with Crippen LogP contribution < -0.4 is 10.6 Å². The second-order valence-corrected chi connectivity index (χ2v) is 6.12. The quantitative estimate of drug-likeness (QED) is 0.882. The Kier molecular flexibility index (Phi) is 4.66. The van der Waals surface area contributed by atoms with E-state index in [0.717, 1.165) is 5.82 Å². The second-order valence-electron chi connectivity index (χ2n) is 6.12. The predicted octanol–water partition coefficient (Wildman–Crippen LogP) is 3.36. The zero-order valence-electron chi connectivity index (χ0n) is 12.1. The number of hydrogen-bond donors (Lipinski definition) is 2. The van der Waals surface area contributed by atoms with Crippen molar-refractivity contribution in [3.05, 3.63) is 6.20 Å². The van der Waals surface area contributed by atoms with Crippen molar-refractivity contribution in [2.45, 2.75) is 76.3 Å². The van der Waals surface area contributed by atoms with Crippen molar-refractivity contribution in [3.8, 4) is 0 Å². The normalized spacial score (nSPS) is 21.6. The average molecular weight is 275 g/mol. The van der Waals surface area contributed by atoms with Crippen molar-refractivity contribution in [2.75, 3.05) is 10.6 Å². The molecule has 2 saturated carbocycles. The maximum absolute atomic E-state index is 4.57. The smallest absolute Gasteiger partial charge is 0.244 e. The third-order valence-electron chi connectivity index (χ3n) is 4.45. The van der Waals surface area contributed by atoms with Gasteiger partial charge in [0.15, 0.2) is 5.82 Å². The van der Waals surface area contributed by atoms with Gasteiger partial charge in [0.1, 0.15) is 0 Å². The molecule has 0 amide bonds. The van der Waals surface area contributed by atoms with Gasteiger partial charge in [0.2, 0.25) is 5.95 Å². The molecule has 1 heterocycles. The van der Waals surface area contributed by atoms with Crippen LogP contribution in [0, 0.1) is 0 Å². The van der Waals surface area contributed by atoms with Gasteiger partial charge in [-0.2, -0.15) is 10.1 Å². The van der Waals surface area contributed by atoms with Crippen LogP contribution in [0.4, 0.5) is 11.8 Å². The molecule has 5 nitrogen and oxygen atoms in total. The first-order valence-electron chi connectivity index (χ1n) is 8.13. The summed E-state index contributed by atoms with van der Waals surface area (Å²) in [6.07, 6.45) is 14.7. The van der Waals surface area contributed by atoms with E-state index in [9.17, 15) is 0 Å². The molecule has 3 rings (SSSR count). The second kappa shape index (κ2) is 6.86.